The second-order valence-electron chi connectivity index (χ2n) is 3.51. The number of rotatable bonds is 5. The predicted molar refractivity (Wildman–Crippen MR) is 69.2 cm³/mol. The second-order valence-corrected chi connectivity index (χ2v) is 4.74. The van der Waals surface area contributed by atoms with Gasteiger partial charge >= 0.3 is 0 Å². The van der Waals surface area contributed by atoms with Crippen molar-refractivity contribution in [3.05, 3.63) is 47.9 Å². The summed E-state index contributed by atoms with van der Waals surface area (Å²) in [6.07, 6.45) is 1.14. The molecule has 1 heterocycles. The summed E-state index contributed by atoms with van der Waals surface area (Å²) in [5.74, 6) is 0.306. The van der Waals surface area contributed by atoms with Crippen LogP contribution in [0.3, 0.4) is 0 Å². The molecule has 0 saturated heterocycles. The minimum atomic E-state index is -0.536. The molecule has 2 rings (SSSR count). The fourth-order valence-corrected chi connectivity index (χ4v) is 1.89. The molecule has 0 spiro atoms. The first-order chi connectivity index (χ1) is 8.79. The van der Waals surface area contributed by atoms with Crippen molar-refractivity contribution in [2.45, 2.75) is 18.7 Å². The standard InChI is InChI=1S/C13H13FN2OS/c1-2-18-13-15-8-11(14)12(16-13)17-9-10-6-4-3-5-7-10/h3-8H,2,9H2,1H3. The molecule has 0 N–H and O–H groups in total. The molecule has 0 unspecified atom stereocenters. The van der Waals surface area contributed by atoms with Crippen LogP contribution in [0.5, 0.6) is 5.88 Å². The molecule has 0 bridgehead atoms. The van der Waals surface area contributed by atoms with E-state index in [0.29, 0.717) is 11.8 Å². The smallest absolute Gasteiger partial charge is 0.254 e. The Morgan fingerprint density at radius 1 is 1.28 bits per heavy atom. The van der Waals surface area contributed by atoms with E-state index in [9.17, 15) is 4.39 Å². The van der Waals surface area contributed by atoms with Gasteiger partial charge in [0.1, 0.15) is 6.61 Å². The van der Waals surface area contributed by atoms with Crippen LogP contribution in [0.4, 0.5) is 4.39 Å². The van der Waals surface area contributed by atoms with Crippen LogP contribution >= 0.6 is 11.8 Å². The first-order valence-electron chi connectivity index (χ1n) is 5.61. The lowest BCUT2D eigenvalue weighted by Crippen LogP contribution is -2.01. The third-order valence-corrected chi connectivity index (χ3v) is 2.93. The van der Waals surface area contributed by atoms with E-state index in [4.69, 9.17) is 4.74 Å². The number of halogens is 1. The molecule has 0 saturated carbocycles. The number of nitrogens with zero attached hydrogens (tertiary/aromatic N) is 2. The molecule has 1 aromatic heterocycles. The summed E-state index contributed by atoms with van der Waals surface area (Å²) < 4.78 is 18.8. The average molecular weight is 264 g/mol. The highest BCUT2D eigenvalue weighted by atomic mass is 32.2. The first kappa shape index (κ1) is 12.8. The van der Waals surface area contributed by atoms with Crippen LogP contribution < -0.4 is 4.74 Å². The third kappa shape index (κ3) is 3.43. The number of thioether (sulfide) groups is 1. The van der Waals surface area contributed by atoms with Crippen molar-refractivity contribution in [2.24, 2.45) is 0 Å². The molecule has 0 aliphatic carbocycles. The van der Waals surface area contributed by atoms with Crippen LogP contribution in [0.2, 0.25) is 0 Å². The maximum atomic E-state index is 13.5. The third-order valence-electron chi connectivity index (χ3n) is 2.18. The van der Waals surface area contributed by atoms with Crippen LogP contribution in [-0.4, -0.2) is 15.7 Å². The largest absolute Gasteiger partial charge is 0.471 e. The lowest BCUT2D eigenvalue weighted by atomic mass is 10.2. The van der Waals surface area contributed by atoms with E-state index in [2.05, 4.69) is 9.97 Å². The number of aromatic nitrogens is 2. The summed E-state index contributed by atoms with van der Waals surface area (Å²) in [4.78, 5) is 7.91. The van der Waals surface area contributed by atoms with Crippen LogP contribution in [0.1, 0.15) is 12.5 Å². The molecular formula is C13H13FN2OS. The lowest BCUT2D eigenvalue weighted by Gasteiger charge is -2.07. The Morgan fingerprint density at radius 3 is 2.78 bits per heavy atom. The molecular weight excluding hydrogens is 251 g/mol. The number of hydrogen-bond donors (Lipinski definition) is 0. The Morgan fingerprint density at radius 2 is 2.06 bits per heavy atom. The average Bonchev–Trinajstić information content (AvgIpc) is 2.41. The molecule has 3 nitrogen and oxygen atoms in total. The Bertz CT molecular complexity index is 508. The quantitative estimate of drug-likeness (QED) is 0.613. The fourth-order valence-electron chi connectivity index (χ4n) is 1.36. The molecule has 0 fully saturated rings. The molecule has 0 aliphatic heterocycles. The van der Waals surface area contributed by atoms with Crippen molar-refractivity contribution in [1.29, 1.82) is 0 Å². The van der Waals surface area contributed by atoms with Gasteiger partial charge in [-0.05, 0) is 11.3 Å². The van der Waals surface area contributed by atoms with Crippen molar-refractivity contribution >= 4 is 11.8 Å². The van der Waals surface area contributed by atoms with Gasteiger partial charge < -0.3 is 4.74 Å². The molecule has 0 radical (unpaired) electrons. The lowest BCUT2D eigenvalue weighted by molar-refractivity contribution is 0.273. The minimum absolute atomic E-state index is 0.00445. The first-order valence-corrected chi connectivity index (χ1v) is 6.60. The van der Waals surface area contributed by atoms with E-state index >= 15 is 0 Å². The number of benzene rings is 1. The maximum Gasteiger partial charge on any atom is 0.254 e. The van der Waals surface area contributed by atoms with Crippen molar-refractivity contribution in [2.75, 3.05) is 5.75 Å². The van der Waals surface area contributed by atoms with Crippen LogP contribution in [0.25, 0.3) is 0 Å². The molecule has 0 aliphatic rings. The Balaban J connectivity index is 2.06. The highest BCUT2D eigenvalue weighted by molar-refractivity contribution is 7.99. The summed E-state index contributed by atoms with van der Waals surface area (Å²) in [5, 5.41) is 0.530. The van der Waals surface area contributed by atoms with Crippen molar-refractivity contribution in [3.8, 4) is 5.88 Å². The van der Waals surface area contributed by atoms with Gasteiger partial charge in [0.05, 0.1) is 6.20 Å². The van der Waals surface area contributed by atoms with Crippen molar-refractivity contribution in [3.63, 3.8) is 0 Å². The van der Waals surface area contributed by atoms with Crippen LogP contribution in [-0.2, 0) is 6.61 Å². The summed E-state index contributed by atoms with van der Waals surface area (Å²) in [6, 6.07) is 9.58. The molecule has 5 heteroatoms. The minimum Gasteiger partial charge on any atom is -0.471 e. The van der Waals surface area contributed by atoms with E-state index in [1.165, 1.54) is 11.8 Å². The number of ether oxygens (including phenoxy) is 1. The van der Waals surface area contributed by atoms with Gasteiger partial charge in [-0.1, -0.05) is 49.0 Å². The summed E-state index contributed by atoms with van der Waals surface area (Å²) >= 11 is 1.45. The van der Waals surface area contributed by atoms with Gasteiger partial charge in [0, 0.05) is 0 Å². The zero-order chi connectivity index (χ0) is 12.8. The topological polar surface area (TPSA) is 35.0 Å². The van der Waals surface area contributed by atoms with Crippen molar-refractivity contribution < 1.29 is 9.13 Å². The van der Waals surface area contributed by atoms with Gasteiger partial charge in [-0.15, -0.1) is 0 Å². The van der Waals surface area contributed by atoms with Gasteiger partial charge in [0.25, 0.3) is 5.88 Å². The zero-order valence-corrected chi connectivity index (χ0v) is 10.8. The predicted octanol–water partition coefficient (Wildman–Crippen LogP) is 3.31. The Labute approximate surface area is 109 Å². The van der Waals surface area contributed by atoms with Crippen molar-refractivity contribution in [1.82, 2.24) is 9.97 Å². The van der Waals surface area contributed by atoms with E-state index < -0.39 is 5.82 Å². The van der Waals surface area contributed by atoms with Crippen LogP contribution in [0.15, 0.2) is 41.7 Å². The van der Waals surface area contributed by atoms with Gasteiger partial charge in [0.2, 0.25) is 5.82 Å². The van der Waals surface area contributed by atoms with Gasteiger partial charge in [0.15, 0.2) is 5.16 Å². The van der Waals surface area contributed by atoms with E-state index in [0.717, 1.165) is 17.5 Å². The van der Waals surface area contributed by atoms with Gasteiger partial charge in [-0.3, -0.25) is 0 Å². The monoisotopic (exact) mass is 264 g/mol. The SMILES string of the molecule is CCSc1ncc(F)c(OCc2ccccc2)n1. The summed E-state index contributed by atoms with van der Waals surface area (Å²) in [7, 11) is 0. The molecule has 0 amide bonds. The van der Waals surface area contributed by atoms with E-state index in [-0.39, 0.29) is 5.88 Å². The normalized spacial score (nSPS) is 10.3. The van der Waals surface area contributed by atoms with Crippen LogP contribution in [0, 0.1) is 5.82 Å². The highest BCUT2D eigenvalue weighted by Gasteiger charge is 2.08. The molecule has 0 atom stereocenters. The second kappa shape index (κ2) is 6.35. The number of hydrogen-bond acceptors (Lipinski definition) is 4. The Kier molecular flexibility index (Phi) is 4.52. The maximum absolute atomic E-state index is 13.5. The fraction of sp³-hybridized carbons (Fsp3) is 0.231. The summed E-state index contributed by atoms with van der Waals surface area (Å²) in [5.41, 5.74) is 0.972. The van der Waals surface area contributed by atoms with E-state index in [1.54, 1.807) is 0 Å². The molecule has 18 heavy (non-hydrogen) atoms. The Hall–Kier alpha value is -1.62. The molecule has 2 aromatic rings. The summed E-state index contributed by atoms with van der Waals surface area (Å²) in [6.45, 7) is 2.28. The highest BCUT2D eigenvalue weighted by Crippen LogP contribution is 2.19. The van der Waals surface area contributed by atoms with Gasteiger partial charge in [-0.2, -0.15) is 9.37 Å². The zero-order valence-electron chi connectivity index (χ0n) is 9.97. The molecule has 1 aromatic carbocycles. The van der Waals surface area contributed by atoms with E-state index in [1.807, 2.05) is 37.3 Å². The van der Waals surface area contributed by atoms with Gasteiger partial charge in [-0.25, -0.2) is 4.98 Å². The molecule has 94 valence electrons.